The second kappa shape index (κ2) is 7.11. The zero-order valence-electron chi connectivity index (χ0n) is 12.5. The Balaban J connectivity index is 2.09. The summed E-state index contributed by atoms with van der Waals surface area (Å²) in [6, 6.07) is 17.3. The molecule has 1 N–H and O–H groups in total. The summed E-state index contributed by atoms with van der Waals surface area (Å²) in [5, 5.41) is 3.40. The van der Waals surface area contributed by atoms with Gasteiger partial charge in [0.2, 0.25) is 0 Å². The maximum atomic E-state index is 5.45. The van der Waals surface area contributed by atoms with Gasteiger partial charge < -0.3 is 10.1 Å². The molecule has 2 aromatic carbocycles. The van der Waals surface area contributed by atoms with Gasteiger partial charge >= 0.3 is 0 Å². The SMILES string of the molecule is CNC(CCc1cc(C)ccc1OC)c1ccccc1. The van der Waals surface area contributed by atoms with Crippen molar-refractivity contribution in [2.45, 2.75) is 25.8 Å². The van der Waals surface area contributed by atoms with E-state index in [4.69, 9.17) is 4.74 Å². The van der Waals surface area contributed by atoms with Gasteiger partial charge in [0.05, 0.1) is 7.11 Å². The van der Waals surface area contributed by atoms with E-state index >= 15 is 0 Å². The molecule has 0 saturated carbocycles. The van der Waals surface area contributed by atoms with Crippen LogP contribution in [0.3, 0.4) is 0 Å². The number of ether oxygens (including phenoxy) is 1. The van der Waals surface area contributed by atoms with Crippen LogP contribution in [-0.2, 0) is 6.42 Å². The van der Waals surface area contributed by atoms with Crippen molar-refractivity contribution in [3.8, 4) is 5.75 Å². The zero-order chi connectivity index (χ0) is 14.4. The first-order valence-corrected chi connectivity index (χ1v) is 7.10. The normalized spacial score (nSPS) is 12.2. The van der Waals surface area contributed by atoms with Crippen molar-refractivity contribution in [2.75, 3.05) is 14.2 Å². The maximum Gasteiger partial charge on any atom is 0.122 e. The number of nitrogens with one attached hydrogen (secondary N) is 1. The molecule has 0 saturated heterocycles. The first kappa shape index (κ1) is 14.6. The van der Waals surface area contributed by atoms with E-state index in [-0.39, 0.29) is 0 Å². The van der Waals surface area contributed by atoms with Crippen molar-refractivity contribution in [2.24, 2.45) is 0 Å². The van der Waals surface area contributed by atoms with E-state index in [9.17, 15) is 0 Å². The molecule has 2 nitrogen and oxygen atoms in total. The fraction of sp³-hybridized carbons (Fsp3) is 0.333. The largest absolute Gasteiger partial charge is 0.496 e. The van der Waals surface area contributed by atoms with Crippen molar-refractivity contribution in [3.05, 3.63) is 65.2 Å². The lowest BCUT2D eigenvalue weighted by Gasteiger charge is -2.17. The molecule has 0 heterocycles. The first-order chi connectivity index (χ1) is 9.74. The Morgan fingerprint density at radius 2 is 1.85 bits per heavy atom. The molecule has 0 spiro atoms. The number of rotatable bonds is 6. The van der Waals surface area contributed by atoms with Crippen molar-refractivity contribution >= 4 is 0 Å². The molecule has 0 aromatic heterocycles. The third-order valence-electron chi connectivity index (χ3n) is 3.69. The lowest BCUT2D eigenvalue weighted by Crippen LogP contribution is -2.17. The molecule has 20 heavy (non-hydrogen) atoms. The molecule has 0 fully saturated rings. The second-order valence-corrected chi connectivity index (χ2v) is 5.11. The minimum absolute atomic E-state index is 0.376. The van der Waals surface area contributed by atoms with E-state index in [1.807, 2.05) is 7.05 Å². The number of hydrogen-bond acceptors (Lipinski definition) is 2. The Hall–Kier alpha value is -1.80. The van der Waals surface area contributed by atoms with Gasteiger partial charge in [-0.05, 0) is 44.0 Å². The molecule has 0 bridgehead atoms. The van der Waals surface area contributed by atoms with Crippen molar-refractivity contribution < 1.29 is 4.74 Å². The first-order valence-electron chi connectivity index (χ1n) is 7.10. The highest BCUT2D eigenvalue weighted by Crippen LogP contribution is 2.25. The van der Waals surface area contributed by atoms with Crippen LogP contribution < -0.4 is 10.1 Å². The Kier molecular flexibility index (Phi) is 5.19. The van der Waals surface area contributed by atoms with Gasteiger partial charge in [-0.1, -0.05) is 48.0 Å². The molecular weight excluding hydrogens is 246 g/mol. The van der Waals surface area contributed by atoms with E-state index in [1.165, 1.54) is 16.7 Å². The lowest BCUT2D eigenvalue weighted by molar-refractivity contribution is 0.407. The second-order valence-electron chi connectivity index (χ2n) is 5.11. The van der Waals surface area contributed by atoms with Crippen molar-refractivity contribution in [1.82, 2.24) is 5.32 Å². The fourth-order valence-corrected chi connectivity index (χ4v) is 2.57. The Morgan fingerprint density at radius 3 is 2.50 bits per heavy atom. The van der Waals surface area contributed by atoms with Gasteiger partial charge in [0.15, 0.2) is 0 Å². The predicted octanol–water partition coefficient (Wildman–Crippen LogP) is 3.90. The number of methoxy groups -OCH3 is 1. The van der Waals surface area contributed by atoms with Crippen LogP contribution in [0.1, 0.15) is 29.2 Å². The average Bonchev–Trinajstić information content (AvgIpc) is 2.49. The Bertz CT molecular complexity index is 536. The van der Waals surface area contributed by atoms with Crippen LogP contribution in [-0.4, -0.2) is 14.2 Å². The third kappa shape index (κ3) is 3.61. The van der Waals surface area contributed by atoms with E-state index in [2.05, 4.69) is 60.8 Å². The van der Waals surface area contributed by atoms with E-state index in [1.54, 1.807) is 7.11 Å². The van der Waals surface area contributed by atoms with Crippen LogP contribution in [0.25, 0.3) is 0 Å². The summed E-state index contributed by atoms with van der Waals surface area (Å²) in [6.07, 6.45) is 2.06. The van der Waals surface area contributed by atoms with Crippen LogP contribution in [0.4, 0.5) is 0 Å². The highest BCUT2D eigenvalue weighted by atomic mass is 16.5. The lowest BCUT2D eigenvalue weighted by atomic mass is 9.98. The highest BCUT2D eigenvalue weighted by molar-refractivity contribution is 5.37. The van der Waals surface area contributed by atoms with Crippen LogP contribution in [0, 0.1) is 6.92 Å². The van der Waals surface area contributed by atoms with Crippen molar-refractivity contribution in [1.29, 1.82) is 0 Å². The Labute approximate surface area is 121 Å². The van der Waals surface area contributed by atoms with Gasteiger partial charge in [0, 0.05) is 6.04 Å². The summed E-state index contributed by atoms with van der Waals surface area (Å²) in [7, 11) is 3.76. The smallest absolute Gasteiger partial charge is 0.122 e. The molecule has 2 aromatic rings. The number of hydrogen-bond donors (Lipinski definition) is 1. The molecule has 0 aliphatic carbocycles. The van der Waals surface area contributed by atoms with Gasteiger partial charge in [0.25, 0.3) is 0 Å². The third-order valence-corrected chi connectivity index (χ3v) is 3.69. The molecule has 0 amide bonds. The molecule has 106 valence electrons. The van der Waals surface area contributed by atoms with Crippen LogP contribution in [0.2, 0.25) is 0 Å². The van der Waals surface area contributed by atoms with Gasteiger partial charge in [-0.2, -0.15) is 0 Å². The monoisotopic (exact) mass is 269 g/mol. The molecular formula is C18H23NO. The summed E-state index contributed by atoms with van der Waals surface area (Å²) in [5.41, 5.74) is 3.90. The minimum atomic E-state index is 0.376. The molecule has 0 radical (unpaired) electrons. The van der Waals surface area contributed by atoms with Crippen LogP contribution >= 0.6 is 0 Å². The summed E-state index contributed by atoms with van der Waals surface area (Å²) in [5.74, 6) is 0.985. The molecule has 0 aliphatic heterocycles. The molecule has 0 aliphatic rings. The van der Waals surface area contributed by atoms with Gasteiger partial charge in [0.1, 0.15) is 5.75 Å². The van der Waals surface area contributed by atoms with Crippen LogP contribution in [0.5, 0.6) is 5.75 Å². The molecule has 2 heteroatoms. The maximum absolute atomic E-state index is 5.45. The van der Waals surface area contributed by atoms with E-state index in [0.29, 0.717) is 6.04 Å². The average molecular weight is 269 g/mol. The van der Waals surface area contributed by atoms with Gasteiger partial charge in [-0.25, -0.2) is 0 Å². The van der Waals surface area contributed by atoms with E-state index in [0.717, 1.165) is 18.6 Å². The summed E-state index contributed by atoms with van der Waals surface area (Å²) in [4.78, 5) is 0. The van der Waals surface area contributed by atoms with Crippen LogP contribution in [0.15, 0.2) is 48.5 Å². The zero-order valence-corrected chi connectivity index (χ0v) is 12.5. The van der Waals surface area contributed by atoms with Gasteiger partial charge in [-0.3, -0.25) is 0 Å². The standard InChI is InChI=1S/C18H23NO/c1-14-9-12-18(20-3)16(13-14)10-11-17(19-2)15-7-5-4-6-8-15/h4-9,12-13,17,19H,10-11H2,1-3H3. The molecule has 1 unspecified atom stereocenters. The van der Waals surface area contributed by atoms with Gasteiger partial charge in [-0.15, -0.1) is 0 Å². The van der Waals surface area contributed by atoms with E-state index < -0.39 is 0 Å². The molecule has 1 atom stereocenters. The Morgan fingerprint density at radius 1 is 1.10 bits per heavy atom. The van der Waals surface area contributed by atoms with Crippen molar-refractivity contribution in [3.63, 3.8) is 0 Å². The summed E-state index contributed by atoms with van der Waals surface area (Å²) in [6.45, 7) is 2.12. The summed E-state index contributed by atoms with van der Waals surface area (Å²) >= 11 is 0. The topological polar surface area (TPSA) is 21.3 Å². The molecule has 2 rings (SSSR count). The fourth-order valence-electron chi connectivity index (χ4n) is 2.57. The quantitative estimate of drug-likeness (QED) is 0.859. The predicted molar refractivity (Wildman–Crippen MR) is 84.3 cm³/mol. The highest BCUT2D eigenvalue weighted by Gasteiger charge is 2.11. The minimum Gasteiger partial charge on any atom is -0.496 e. The number of aryl methyl sites for hydroxylation is 2. The summed E-state index contributed by atoms with van der Waals surface area (Å²) < 4.78 is 5.45. The number of benzene rings is 2.